The molecule has 0 rings (SSSR count). The van der Waals surface area contributed by atoms with Crippen molar-refractivity contribution in [2.75, 3.05) is 26.4 Å². The smallest absolute Gasteiger partial charge is 0.373 e. The monoisotopic (exact) mass is 642 g/mol. The van der Waals surface area contributed by atoms with Crippen molar-refractivity contribution in [2.45, 2.75) is 226 Å². The Balaban J connectivity index is 4.46. The molecule has 0 unspecified atom stereocenters. The van der Waals surface area contributed by atoms with Crippen LogP contribution in [0.3, 0.4) is 0 Å². The van der Waals surface area contributed by atoms with Crippen LogP contribution in [-0.2, 0) is 13.3 Å². The molecule has 266 valence electrons. The molecular formula is C39H83NO3Si. The number of hydrogen-bond donors (Lipinski definition) is 1. The molecule has 0 spiro atoms. The molecule has 0 aliphatic carbocycles. The van der Waals surface area contributed by atoms with Gasteiger partial charge in [-0.1, -0.05) is 194 Å². The van der Waals surface area contributed by atoms with Gasteiger partial charge in [-0.25, -0.2) is 0 Å². The average Bonchev–Trinajstić information content (AvgIpc) is 3.04. The van der Waals surface area contributed by atoms with E-state index in [2.05, 4.69) is 20.8 Å². The zero-order chi connectivity index (χ0) is 32.1. The van der Waals surface area contributed by atoms with E-state index in [1.54, 1.807) is 0 Å². The Morgan fingerprint density at radius 2 is 0.545 bits per heavy atom. The molecule has 0 saturated heterocycles. The highest BCUT2D eigenvalue weighted by Crippen LogP contribution is 2.22. The number of unbranched alkanes of at least 4 members (excludes halogenated alkanes) is 27. The highest BCUT2D eigenvalue weighted by molar-refractivity contribution is 6.60. The zero-order valence-electron chi connectivity index (χ0n) is 30.8. The first-order valence-corrected chi connectivity index (χ1v) is 22.3. The molecule has 0 aromatic rings. The van der Waals surface area contributed by atoms with E-state index in [9.17, 15) is 0 Å². The third-order valence-corrected chi connectivity index (χ3v) is 12.0. The maximum Gasteiger partial charge on any atom is 0.501 e. The molecule has 0 bridgehead atoms. The SMILES string of the molecule is CCCCCCCCCCCCO[Si](CCCN)(OCCCCCCCCCCCC)OCCCCCCCCCCCC. The van der Waals surface area contributed by atoms with Crippen LogP contribution in [0.2, 0.25) is 6.04 Å². The summed E-state index contributed by atoms with van der Waals surface area (Å²) in [5.41, 5.74) is 5.97. The molecule has 0 aromatic heterocycles. The predicted molar refractivity (Wildman–Crippen MR) is 198 cm³/mol. The summed E-state index contributed by atoms with van der Waals surface area (Å²) in [6.45, 7) is 9.90. The van der Waals surface area contributed by atoms with Gasteiger partial charge in [0.25, 0.3) is 0 Å². The van der Waals surface area contributed by atoms with E-state index in [-0.39, 0.29) is 0 Å². The molecule has 0 heterocycles. The fourth-order valence-electron chi connectivity index (χ4n) is 6.11. The first-order valence-electron chi connectivity index (χ1n) is 20.4. The van der Waals surface area contributed by atoms with E-state index < -0.39 is 8.80 Å². The Morgan fingerprint density at radius 3 is 0.773 bits per heavy atom. The van der Waals surface area contributed by atoms with Crippen LogP contribution >= 0.6 is 0 Å². The number of rotatable bonds is 39. The van der Waals surface area contributed by atoms with Crippen molar-refractivity contribution in [3.63, 3.8) is 0 Å². The van der Waals surface area contributed by atoms with E-state index in [0.29, 0.717) is 6.54 Å². The van der Waals surface area contributed by atoms with Gasteiger partial charge in [-0.15, -0.1) is 0 Å². The molecule has 4 nitrogen and oxygen atoms in total. The van der Waals surface area contributed by atoms with Crippen molar-refractivity contribution >= 4 is 8.80 Å². The Morgan fingerprint density at radius 1 is 0.318 bits per heavy atom. The van der Waals surface area contributed by atoms with Gasteiger partial charge in [-0.05, 0) is 32.2 Å². The van der Waals surface area contributed by atoms with Crippen molar-refractivity contribution in [3.05, 3.63) is 0 Å². The molecule has 0 aliphatic rings. The molecule has 0 saturated carbocycles. The summed E-state index contributed by atoms with van der Waals surface area (Å²) in [5, 5.41) is 0. The van der Waals surface area contributed by atoms with Crippen LogP contribution in [0.4, 0.5) is 0 Å². The number of nitrogens with two attached hydrogens (primary N) is 1. The minimum Gasteiger partial charge on any atom is -0.373 e. The summed E-state index contributed by atoms with van der Waals surface area (Å²) < 4.78 is 19.9. The molecule has 0 aliphatic heterocycles. The Labute approximate surface area is 279 Å². The highest BCUT2D eigenvalue weighted by atomic mass is 28.4. The largest absolute Gasteiger partial charge is 0.501 e. The van der Waals surface area contributed by atoms with Crippen LogP contribution in [0, 0.1) is 0 Å². The second-order valence-corrected chi connectivity index (χ2v) is 16.4. The van der Waals surface area contributed by atoms with Gasteiger partial charge in [-0.2, -0.15) is 0 Å². The van der Waals surface area contributed by atoms with E-state index >= 15 is 0 Å². The fourth-order valence-corrected chi connectivity index (χ4v) is 8.80. The molecule has 44 heavy (non-hydrogen) atoms. The van der Waals surface area contributed by atoms with Crippen LogP contribution in [0.15, 0.2) is 0 Å². The molecule has 0 fully saturated rings. The van der Waals surface area contributed by atoms with Crippen molar-refractivity contribution in [3.8, 4) is 0 Å². The van der Waals surface area contributed by atoms with Crippen molar-refractivity contribution in [2.24, 2.45) is 5.73 Å². The second kappa shape index (κ2) is 37.5. The second-order valence-electron chi connectivity index (χ2n) is 13.7. The number of hydrogen-bond acceptors (Lipinski definition) is 4. The lowest BCUT2D eigenvalue weighted by Crippen LogP contribution is -2.47. The first kappa shape index (κ1) is 44.1. The normalized spacial score (nSPS) is 12.0. The third-order valence-electron chi connectivity index (χ3n) is 9.15. The van der Waals surface area contributed by atoms with Gasteiger partial charge in [0.15, 0.2) is 0 Å². The van der Waals surface area contributed by atoms with Gasteiger partial charge in [0, 0.05) is 25.9 Å². The Hall–Kier alpha value is 0.0569. The molecule has 0 atom stereocenters. The van der Waals surface area contributed by atoms with E-state index in [1.165, 1.54) is 173 Å². The van der Waals surface area contributed by atoms with Gasteiger partial charge >= 0.3 is 8.80 Å². The summed E-state index contributed by atoms with van der Waals surface area (Å²) >= 11 is 0. The summed E-state index contributed by atoms with van der Waals surface area (Å²) in [7, 11) is -2.68. The van der Waals surface area contributed by atoms with E-state index in [4.69, 9.17) is 19.0 Å². The lowest BCUT2D eigenvalue weighted by atomic mass is 10.1. The van der Waals surface area contributed by atoms with Crippen LogP contribution in [-0.4, -0.2) is 35.2 Å². The third kappa shape index (κ3) is 32.0. The maximum atomic E-state index is 6.63. The van der Waals surface area contributed by atoms with E-state index in [0.717, 1.165) is 51.5 Å². The molecular weight excluding hydrogens is 559 g/mol. The van der Waals surface area contributed by atoms with Gasteiger partial charge in [0.1, 0.15) is 0 Å². The van der Waals surface area contributed by atoms with Gasteiger partial charge in [0.05, 0.1) is 0 Å². The molecule has 0 radical (unpaired) electrons. The topological polar surface area (TPSA) is 53.7 Å². The average molecular weight is 642 g/mol. The maximum absolute atomic E-state index is 6.63. The molecule has 0 aromatic carbocycles. The van der Waals surface area contributed by atoms with Crippen LogP contribution in [0.5, 0.6) is 0 Å². The summed E-state index contributed by atoms with van der Waals surface area (Å²) in [5.74, 6) is 0. The van der Waals surface area contributed by atoms with Crippen molar-refractivity contribution in [1.29, 1.82) is 0 Å². The highest BCUT2D eigenvalue weighted by Gasteiger charge is 2.40. The van der Waals surface area contributed by atoms with Gasteiger partial charge in [-0.3, -0.25) is 0 Å². The Bertz CT molecular complexity index is 457. The van der Waals surface area contributed by atoms with Crippen LogP contribution in [0.25, 0.3) is 0 Å². The summed E-state index contributed by atoms with van der Waals surface area (Å²) in [6.07, 6.45) is 41.2. The summed E-state index contributed by atoms with van der Waals surface area (Å²) in [4.78, 5) is 0. The van der Waals surface area contributed by atoms with Gasteiger partial charge in [0.2, 0.25) is 0 Å². The summed E-state index contributed by atoms with van der Waals surface area (Å²) in [6, 6.07) is 0.872. The molecule has 5 heteroatoms. The van der Waals surface area contributed by atoms with Crippen molar-refractivity contribution in [1.82, 2.24) is 0 Å². The van der Waals surface area contributed by atoms with Crippen molar-refractivity contribution < 1.29 is 13.3 Å². The van der Waals surface area contributed by atoms with E-state index in [1.807, 2.05) is 0 Å². The minimum absolute atomic E-state index is 0.680. The quantitative estimate of drug-likeness (QED) is 0.0536. The van der Waals surface area contributed by atoms with Crippen LogP contribution in [0.1, 0.15) is 220 Å². The first-order chi connectivity index (χ1) is 21.7. The zero-order valence-corrected chi connectivity index (χ0v) is 31.8. The standard InChI is InChI=1S/C39H83NO3Si/c1-4-7-10-13-16-19-22-25-28-31-36-41-44(39-34-35-40,42-37-32-29-26-23-20-17-14-11-8-5-2)43-38-33-30-27-24-21-18-15-12-9-6-3/h4-40H2,1-3H3. The lowest BCUT2D eigenvalue weighted by Gasteiger charge is -2.30. The van der Waals surface area contributed by atoms with Gasteiger partial charge < -0.3 is 19.0 Å². The lowest BCUT2D eigenvalue weighted by molar-refractivity contribution is 0.0549. The Kier molecular flexibility index (Phi) is 37.6. The fraction of sp³-hybridized carbons (Fsp3) is 1.00. The molecule has 2 N–H and O–H groups in total. The minimum atomic E-state index is -2.68. The van der Waals surface area contributed by atoms with Crippen LogP contribution < -0.4 is 5.73 Å². The predicted octanol–water partition coefficient (Wildman–Crippen LogP) is 13.1. The molecule has 0 amide bonds.